The Hall–Kier alpha value is -2.21. The molecule has 1 heterocycles. The summed E-state index contributed by atoms with van der Waals surface area (Å²) in [7, 11) is 4.11. The van der Waals surface area contributed by atoms with E-state index in [-0.39, 0.29) is 5.91 Å². The second-order valence-corrected chi connectivity index (χ2v) is 9.39. The maximum Gasteiger partial charge on any atom is 0.236 e. The lowest BCUT2D eigenvalue weighted by atomic mass is 9.94. The number of thiazole rings is 1. The van der Waals surface area contributed by atoms with Crippen molar-refractivity contribution in [3.63, 3.8) is 0 Å². The molecule has 0 aliphatic heterocycles. The highest BCUT2D eigenvalue weighted by molar-refractivity contribution is 7.15. The molecule has 1 fully saturated rings. The van der Waals surface area contributed by atoms with Crippen molar-refractivity contribution in [3.8, 4) is 0 Å². The first-order chi connectivity index (χ1) is 14.0. The van der Waals surface area contributed by atoms with Crippen molar-refractivity contribution in [1.29, 1.82) is 0 Å². The average Bonchev–Trinajstić information content (AvgIpc) is 3.39. The second-order valence-electron chi connectivity index (χ2n) is 7.87. The van der Waals surface area contributed by atoms with Crippen LogP contribution in [0.4, 0.5) is 5.13 Å². The van der Waals surface area contributed by atoms with Crippen molar-refractivity contribution in [2.75, 3.05) is 19.4 Å². The SMILES string of the molecule is CN(C)Cc1ccc(C2(C(=O)Nc3ncc(Cc4ccccc4Cl)s3)CC2)cc1. The van der Waals surface area contributed by atoms with Crippen LogP contribution in [0.15, 0.2) is 54.7 Å². The average molecular weight is 426 g/mol. The summed E-state index contributed by atoms with van der Waals surface area (Å²) in [5, 5.41) is 4.43. The van der Waals surface area contributed by atoms with E-state index in [9.17, 15) is 4.79 Å². The second kappa shape index (κ2) is 8.27. The number of hydrogen-bond acceptors (Lipinski definition) is 4. The van der Waals surface area contributed by atoms with Crippen LogP contribution >= 0.6 is 22.9 Å². The quantitative estimate of drug-likeness (QED) is 0.571. The third-order valence-corrected chi connectivity index (χ3v) is 6.57. The fourth-order valence-electron chi connectivity index (χ4n) is 3.56. The number of halogens is 1. The van der Waals surface area contributed by atoms with E-state index in [1.807, 2.05) is 30.5 Å². The van der Waals surface area contributed by atoms with Crippen LogP contribution in [0.25, 0.3) is 0 Å². The third kappa shape index (κ3) is 4.53. The lowest BCUT2D eigenvalue weighted by Crippen LogP contribution is -2.27. The molecule has 0 radical (unpaired) electrons. The number of anilines is 1. The Morgan fingerprint density at radius 3 is 2.55 bits per heavy atom. The molecule has 0 atom stereocenters. The zero-order chi connectivity index (χ0) is 20.4. The number of nitrogens with zero attached hydrogens (tertiary/aromatic N) is 2. The van der Waals surface area contributed by atoms with E-state index < -0.39 is 5.41 Å². The number of benzene rings is 2. The Bertz CT molecular complexity index is 1010. The molecule has 1 N–H and O–H groups in total. The van der Waals surface area contributed by atoms with Gasteiger partial charge in [0.25, 0.3) is 0 Å². The van der Waals surface area contributed by atoms with E-state index >= 15 is 0 Å². The van der Waals surface area contributed by atoms with Crippen molar-refractivity contribution in [1.82, 2.24) is 9.88 Å². The minimum absolute atomic E-state index is 0.0384. The predicted molar refractivity (Wildman–Crippen MR) is 120 cm³/mol. The number of hydrogen-bond donors (Lipinski definition) is 1. The molecule has 29 heavy (non-hydrogen) atoms. The van der Waals surface area contributed by atoms with Crippen LogP contribution in [0.1, 0.15) is 34.4 Å². The van der Waals surface area contributed by atoms with Crippen molar-refractivity contribution < 1.29 is 4.79 Å². The van der Waals surface area contributed by atoms with Crippen LogP contribution in [0, 0.1) is 0 Å². The number of rotatable bonds is 7. The molecule has 1 aliphatic carbocycles. The van der Waals surface area contributed by atoms with Crippen LogP contribution in [0.5, 0.6) is 0 Å². The highest BCUT2D eigenvalue weighted by Crippen LogP contribution is 2.49. The standard InChI is InChI=1S/C23H24ClN3OS/c1-27(2)15-16-7-9-18(10-8-16)23(11-12-23)21(28)26-22-25-14-19(29-22)13-17-5-3-4-6-20(17)24/h3-10,14H,11-13,15H2,1-2H3,(H,25,26,28). The Kier molecular flexibility index (Phi) is 5.72. The molecule has 4 rings (SSSR count). The molecule has 1 aromatic heterocycles. The molecule has 1 aliphatic rings. The molecule has 150 valence electrons. The van der Waals surface area contributed by atoms with Gasteiger partial charge in [-0.1, -0.05) is 54.1 Å². The minimum atomic E-state index is -0.411. The Labute approximate surface area is 180 Å². The summed E-state index contributed by atoms with van der Waals surface area (Å²) in [6, 6.07) is 16.2. The van der Waals surface area contributed by atoms with Gasteiger partial charge in [0, 0.05) is 29.1 Å². The molecule has 3 aromatic rings. The first kappa shape index (κ1) is 20.1. The maximum absolute atomic E-state index is 13.0. The van der Waals surface area contributed by atoms with Crippen LogP contribution in [-0.4, -0.2) is 29.9 Å². The van der Waals surface area contributed by atoms with Crippen LogP contribution in [0.3, 0.4) is 0 Å². The maximum atomic E-state index is 13.0. The van der Waals surface area contributed by atoms with Gasteiger partial charge in [-0.3, -0.25) is 4.79 Å². The molecule has 6 heteroatoms. The minimum Gasteiger partial charge on any atom is -0.305 e. The lowest BCUT2D eigenvalue weighted by Gasteiger charge is -2.16. The predicted octanol–water partition coefficient (Wildman–Crippen LogP) is 5.12. The van der Waals surface area contributed by atoms with Gasteiger partial charge in [0.1, 0.15) is 0 Å². The van der Waals surface area contributed by atoms with Gasteiger partial charge in [-0.05, 0) is 49.7 Å². The molecule has 1 amide bonds. The Morgan fingerprint density at radius 1 is 1.17 bits per heavy atom. The van der Waals surface area contributed by atoms with E-state index in [1.54, 1.807) is 0 Å². The van der Waals surface area contributed by atoms with Gasteiger partial charge in [-0.2, -0.15) is 0 Å². The molecule has 0 saturated heterocycles. The van der Waals surface area contributed by atoms with Gasteiger partial charge in [-0.15, -0.1) is 11.3 Å². The summed E-state index contributed by atoms with van der Waals surface area (Å²) in [5.41, 5.74) is 2.99. The van der Waals surface area contributed by atoms with E-state index in [0.29, 0.717) is 11.6 Å². The Morgan fingerprint density at radius 2 is 1.90 bits per heavy atom. The first-order valence-corrected chi connectivity index (χ1v) is 10.9. The molecule has 0 unspecified atom stereocenters. The van der Waals surface area contributed by atoms with Crippen molar-refractivity contribution in [2.24, 2.45) is 0 Å². The molecular weight excluding hydrogens is 402 g/mol. The monoisotopic (exact) mass is 425 g/mol. The van der Waals surface area contributed by atoms with E-state index in [1.165, 1.54) is 16.9 Å². The summed E-state index contributed by atoms with van der Waals surface area (Å²) in [6.07, 6.45) is 4.29. The Balaban J connectivity index is 1.43. The van der Waals surface area contributed by atoms with Gasteiger partial charge in [0.15, 0.2) is 5.13 Å². The summed E-state index contributed by atoms with van der Waals surface area (Å²) < 4.78 is 0. The van der Waals surface area contributed by atoms with E-state index in [2.05, 4.69) is 53.6 Å². The summed E-state index contributed by atoms with van der Waals surface area (Å²) >= 11 is 7.76. The number of aromatic nitrogens is 1. The van der Waals surface area contributed by atoms with Crippen molar-refractivity contribution >= 4 is 34.0 Å². The zero-order valence-electron chi connectivity index (χ0n) is 16.6. The van der Waals surface area contributed by atoms with Gasteiger partial charge in [0.05, 0.1) is 5.41 Å². The molecule has 2 aromatic carbocycles. The van der Waals surface area contributed by atoms with Gasteiger partial charge in [0.2, 0.25) is 5.91 Å². The number of carbonyl (C=O) groups excluding carboxylic acids is 1. The smallest absolute Gasteiger partial charge is 0.236 e. The topological polar surface area (TPSA) is 45.2 Å². The normalized spacial score (nSPS) is 14.8. The molecular formula is C23H24ClN3OS. The molecule has 0 spiro atoms. The molecule has 4 nitrogen and oxygen atoms in total. The molecule has 0 bridgehead atoms. The van der Waals surface area contributed by atoms with Crippen LogP contribution in [0.2, 0.25) is 5.02 Å². The lowest BCUT2D eigenvalue weighted by molar-refractivity contribution is -0.118. The van der Waals surface area contributed by atoms with Gasteiger partial charge >= 0.3 is 0 Å². The number of amides is 1. The van der Waals surface area contributed by atoms with Crippen LogP contribution in [-0.2, 0) is 23.2 Å². The fourth-order valence-corrected chi connectivity index (χ4v) is 4.59. The van der Waals surface area contributed by atoms with Crippen molar-refractivity contribution in [2.45, 2.75) is 31.2 Å². The third-order valence-electron chi connectivity index (χ3n) is 5.29. The summed E-state index contributed by atoms with van der Waals surface area (Å²) in [6.45, 7) is 0.896. The first-order valence-electron chi connectivity index (χ1n) is 9.70. The van der Waals surface area contributed by atoms with E-state index in [0.717, 1.165) is 40.4 Å². The highest BCUT2D eigenvalue weighted by Gasteiger charge is 2.51. The largest absolute Gasteiger partial charge is 0.305 e. The van der Waals surface area contributed by atoms with Crippen molar-refractivity contribution in [3.05, 3.63) is 81.3 Å². The number of nitrogens with one attached hydrogen (secondary N) is 1. The summed E-state index contributed by atoms with van der Waals surface area (Å²) in [5.74, 6) is 0.0384. The number of carbonyl (C=O) groups is 1. The molecule has 1 saturated carbocycles. The zero-order valence-corrected chi connectivity index (χ0v) is 18.2. The van der Waals surface area contributed by atoms with Gasteiger partial charge in [-0.25, -0.2) is 4.98 Å². The van der Waals surface area contributed by atoms with Crippen LogP contribution < -0.4 is 5.32 Å². The summed E-state index contributed by atoms with van der Waals surface area (Å²) in [4.78, 5) is 20.6. The van der Waals surface area contributed by atoms with E-state index in [4.69, 9.17) is 11.6 Å². The highest BCUT2D eigenvalue weighted by atomic mass is 35.5. The fraction of sp³-hybridized carbons (Fsp3) is 0.304. The van der Waals surface area contributed by atoms with Gasteiger partial charge < -0.3 is 10.2 Å².